The van der Waals surface area contributed by atoms with Crippen LogP contribution in [0.3, 0.4) is 0 Å². The van der Waals surface area contributed by atoms with Crippen LogP contribution in [-0.2, 0) is 6.54 Å². The first kappa shape index (κ1) is 24.7. The number of benzene rings is 2. The Morgan fingerprint density at radius 1 is 1.06 bits per heavy atom. The number of aryl methyl sites for hydroxylation is 1. The van der Waals surface area contributed by atoms with E-state index in [0.717, 1.165) is 39.9 Å². The third-order valence-electron chi connectivity index (χ3n) is 5.72. The van der Waals surface area contributed by atoms with E-state index in [-0.39, 0.29) is 5.82 Å². The molecular weight excluding hydrogens is 497 g/mol. The maximum Gasteiger partial charge on any atom is 0.163 e. The summed E-state index contributed by atoms with van der Waals surface area (Å²) in [7, 11) is 0. The monoisotopic (exact) mass is 525 g/mol. The van der Waals surface area contributed by atoms with Crippen molar-refractivity contribution in [2.45, 2.75) is 27.3 Å². The number of rotatable bonds is 9. The molecule has 1 saturated heterocycles. The largest absolute Gasteiger partial charge is 0.490 e. The van der Waals surface area contributed by atoms with Crippen LogP contribution in [0.1, 0.15) is 24.7 Å². The van der Waals surface area contributed by atoms with Crippen molar-refractivity contribution < 1.29 is 13.9 Å². The van der Waals surface area contributed by atoms with E-state index < -0.39 is 0 Å². The van der Waals surface area contributed by atoms with Crippen molar-refractivity contribution in [2.24, 2.45) is 0 Å². The molecule has 0 spiro atoms. The molecule has 7 nitrogen and oxygen atoms in total. The molecule has 0 saturated carbocycles. The Bertz CT molecular complexity index is 1370. The number of nitrogens with one attached hydrogen (secondary N) is 1. The van der Waals surface area contributed by atoms with Crippen LogP contribution >= 0.6 is 23.1 Å². The minimum Gasteiger partial charge on any atom is -0.490 e. The van der Waals surface area contributed by atoms with Gasteiger partial charge in [0.25, 0.3) is 0 Å². The molecule has 10 heteroatoms. The zero-order chi connectivity index (χ0) is 25.1. The Labute approximate surface area is 218 Å². The van der Waals surface area contributed by atoms with Gasteiger partial charge in [-0.25, -0.2) is 19.3 Å². The lowest BCUT2D eigenvalue weighted by molar-refractivity contribution is 0.288. The number of nitrogens with zero attached hydrogens (tertiary/aromatic N) is 4. The van der Waals surface area contributed by atoms with Gasteiger partial charge in [-0.1, -0.05) is 0 Å². The van der Waals surface area contributed by atoms with Gasteiger partial charge in [0, 0.05) is 46.3 Å². The van der Waals surface area contributed by atoms with Crippen molar-refractivity contribution in [1.82, 2.24) is 19.9 Å². The highest BCUT2D eigenvalue weighted by atomic mass is 32.2. The fourth-order valence-corrected chi connectivity index (χ4v) is 5.69. The van der Waals surface area contributed by atoms with Crippen molar-refractivity contribution in [3.63, 3.8) is 0 Å². The lowest BCUT2D eigenvalue weighted by Gasteiger charge is -2.17. The predicted molar refractivity (Wildman–Crippen MR) is 145 cm³/mol. The fraction of sp³-hybridized carbons (Fsp3) is 0.346. The molecule has 1 aliphatic rings. The summed E-state index contributed by atoms with van der Waals surface area (Å²) in [6.07, 6.45) is 0. The molecule has 2 aromatic carbocycles. The second-order valence-corrected chi connectivity index (χ2v) is 10.5. The molecule has 2 aromatic heterocycles. The zero-order valence-electron chi connectivity index (χ0n) is 20.5. The number of thioether (sulfide) groups is 1. The van der Waals surface area contributed by atoms with Crippen molar-refractivity contribution in [3.8, 4) is 22.8 Å². The number of hydrogen-bond donors (Lipinski definition) is 1. The summed E-state index contributed by atoms with van der Waals surface area (Å²) >= 11 is 3.41. The van der Waals surface area contributed by atoms with E-state index >= 15 is 0 Å². The number of fused-ring (bicyclic) bond motifs is 1. The Hall–Kier alpha value is -2.95. The van der Waals surface area contributed by atoms with Gasteiger partial charge in [-0.05, 0) is 45.0 Å². The van der Waals surface area contributed by atoms with Gasteiger partial charge < -0.3 is 14.8 Å². The first-order valence-corrected chi connectivity index (χ1v) is 14.0. The lowest BCUT2D eigenvalue weighted by atomic mass is 10.1. The average molecular weight is 526 g/mol. The first-order valence-electron chi connectivity index (χ1n) is 11.9. The fourth-order valence-electron chi connectivity index (χ4n) is 4.09. The van der Waals surface area contributed by atoms with Crippen LogP contribution in [0.25, 0.3) is 22.2 Å². The quantitative estimate of drug-likeness (QED) is 0.275. The third-order valence-corrected chi connectivity index (χ3v) is 7.51. The molecular formula is C26H28FN5O2S2. The van der Waals surface area contributed by atoms with Gasteiger partial charge in [0.15, 0.2) is 11.5 Å². The van der Waals surface area contributed by atoms with E-state index in [1.807, 2.05) is 50.0 Å². The highest BCUT2D eigenvalue weighted by Gasteiger charge is 2.18. The number of aromatic nitrogens is 3. The summed E-state index contributed by atoms with van der Waals surface area (Å²) < 4.78 is 26.4. The summed E-state index contributed by atoms with van der Waals surface area (Å²) in [6, 6.07) is 8.76. The second-order valence-electron chi connectivity index (χ2n) is 8.33. The molecule has 1 N–H and O–H groups in total. The highest BCUT2D eigenvalue weighted by Crippen LogP contribution is 2.36. The first-order chi connectivity index (χ1) is 17.5. The number of halogens is 1. The minimum absolute atomic E-state index is 0.314. The molecule has 0 aliphatic carbocycles. The molecule has 1 fully saturated rings. The number of thiazole rings is 1. The Morgan fingerprint density at radius 2 is 1.86 bits per heavy atom. The molecule has 0 amide bonds. The van der Waals surface area contributed by atoms with Crippen LogP contribution in [0.4, 0.5) is 15.9 Å². The molecule has 36 heavy (non-hydrogen) atoms. The minimum atomic E-state index is -0.314. The van der Waals surface area contributed by atoms with Crippen molar-refractivity contribution >= 4 is 45.5 Å². The van der Waals surface area contributed by atoms with Crippen molar-refractivity contribution in [2.75, 3.05) is 36.7 Å². The van der Waals surface area contributed by atoms with Crippen molar-refractivity contribution in [1.29, 1.82) is 0 Å². The van der Waals surface area contributed by atoms with E-state index in [9.17, 15) is 4.39 Å². The molecule has 188 valence electrons. The number of anilines is 2. The molecule has 0 atom stereocenters. The van der Waals surface area contributed by atoms with E-state index in [1.165, 1.54) is 17.4 Å². The average Bonchev–Trinajstić information content (AvgIpc) is 3.53. The van der Waals surface area contributed by atoms with Gasteiger partial charge in [-0.3, -0.25) is 4.90 Å². The van der Waals surface area contributed by atoms with Gasteiger partial charge in [-0.2, -0.15) is 0 Å². The van der Waals surface area contributed by atoms with E-state index in [1.54, 1.807) is 12.1 Å². The summed E-state index contributed by atoms with van der Waals surface area (Å²) in [5.41, 5.74) is 2.55. The van der Waals surface area contributed by atoms with Crippen molar-refractivity contribution in [3.05, 3.63) is 52.4 Å². The standard InChI is InChI=1S/C26H28FN5O2S2/c1-4-33-23-11-19-21(12-24(23)34-5-2)30-25(13-32-8-9-35-15-32)31-26(19)29-17-6-7-20(27)18(10-17)22-14-36-16(3)28-22/h6-7,10-12,14H,4-5,8-9,13,15H2,1-3H3,(H,29,30,31). The predicted octanol–water partition coefficient (Wildman–Crippen LogP) is 6.25. The van der Waals surface area contributed by atoms with Crippen LogP contribution in [0, 0.1) is 12.7 Å². The zero-order valence-corrected chi connectivity index (χ0v) is 22.1. The molecule has 1 aliphatic heterocycles. The topological polar surface area (TPSA) is 72.4 Å². The van der Waals surface area contributed by atoms with Gasteiger partial charge in [-0.15, -0.1) is 23.1 Å². The summed E-state index contributed by atoms with van der Waals surface area (Å²) in [5, 5.41) is 6.98. The van der Waals surface area contributed by atoms with Gasteiger partial charge in [0.1, 0.15) is 17.5 Å². The summed E-state index contributed by atoms with van der Waals surface area (Å²) in [6.45, 7) is 8.49. The van der Waals surface area contributed by atoms with Crippen LogP contribution < -0.4 is 14.8 Å². The van der Waals surface area contributed by atoms with Gasteiger partial charge in [0.2, 0.25) is 0 Å². The summed E-state index contributed by atoms with van der Waals surface area (Å²) in [5.74, 6) is 4.41. The van der Waals surface area contributed by atoms with E-state index in [0.29, 0.717) is 54.0 Å². The Morgan fingerprint density at radius 3 is 2.56 bits per heavy atom. The van der Waals surface area contributed by atoms with Crippen LogP contribution in [0.15, 0.2) is 35.7 Å². The van der Waals surface area contributed by atoms with Crippen LogP contribution in [0.2, 0.25) is 0 Å². The SMILES string of the molecule is CCOc1cc2nc(CN3CCSC3)nc(Nc3ccc(F)c(-c4csc(C)n4)c3)c2cc1OCC. The summed E-state index contributed by atoms with van der Waals surface area (Å²) in [4.78, 5) is 16.5. The smallest absolute Gasteiger partial charge is 0.163 e. The maximum atomic E-state index is 14.7. The maximum absolute atomic E-state index is 14.7. The van der Waals surface area contributed by atoms with Gasteiger partial charge in [0.05, 0.1) is 36.0 Å². The van der Waals surface area contributed by atoms with Crippen LogP contribution in [-0.4, -0.2) is 51.2 Å². The van der Waals surface area contributed by atoms with E-state index in [2.05, 4.69) is 15.2 Å². The third kappa shape index (κ3) is 5.40. The molecule has 3 heterocycles. The molecule has 0 radical (unpaired) electrons. The normalized spacial score (nSPS) is 13.9. The second kappa shape index (κ2) is 11.0. The molecule has 5 rings (SSSR count). The van der Waals surface area contributed by atoms with Gasteiger partial charge >= 0.3 is 0 Å². The Balaban J connectivity index is 1.58. The highest BCUT2D eigenvalue weighted by molar-refractivity contribution is 7.99. The number of ether oxygens (including phenoxy) is 2. The van der Waals surface area contributed by atoms with E-state index in [4.69, 9.17) is 19.4 Å². The van der Waals surface area contributed by atoms with Crippen LogP contribution in [0.5, 0.6) is 11.5 Å². The Kier molecular flexibility index (Phi) is 7.54. The molecule has 0 bridgehead atoms. The number of hydrogen-bond acceptors (Lipinski definition) is 9. The molecule has 0 unspecified atom stereocenters. The lowest BCUT2D eigenvalue weighted by Crippen LogP contribution is -2.20. The molecule has 4 aromatic rings.